The predicted octanol–water partition coefficient (Wildman–Crippen LogP) is 4.40. The van der Waals surface area contributed by atoms with Crippen molar-refractivity contribution < 1.29 is 14.3 Å². The van der Waals surface area contributed by atoms with Gasteiger partial charge in [-0.2, -0.15) is 5.10 Å². The van der Waals surface area contributed by atoms with Gasteiger partial charge >= 0.3 is 0 Å². The molecule has 2 aromatic heterocycles. The summed E-state index contributed by atoms with van der Waals surface area (Å²) in [7, 11) is 0. The summed E-state index contributed by atoms with van der Waals surface area (Å²) in [5, 5.41) is 9.54. The minimum absolute atomic E-state index is 0.0103. The average molecular weight is 452 g/mol. The van der Waals surface area contributed by atoms with E-state index in [0.29, 0.717) is 25.4 Å². The van der Waals surface area contributed by atoms with Crippen molar-refractivity contribution in [2.75, 3.05) is 19.8 Å². The van der Waals surface area contributed by atoms with Crippen molar-refractivity contribution in [1.82, 2.24) is 15.1 Å². The summed E-state index contributed by atoms with van der Waals surface area (Å²) in [5.41, 5.74) is 3.85. The molecule has 1 aliphatic heterocycles. The first-order chi connectivity index (χ1) is 15.8. The van der Waals surface area contributed by atoms with Crippen LogP contribution >= 0.6 is 11.3 Å². The van der Waals surface area contributed by atoms with Crippen LogP contribution in [0.3, 0.4) is 0 Å². The molecular formula is C25H29N3O3S. The zero-order valence-electron chi connectivity index (χ0n) is 18.2. The van der Waals surface area contributed by atoms with E-state index in [0.717, 1.165) is 67.7 Å². The van der Waals surface area contributed by atoms with E-state index >= 15 is 0 Å². The largest absolute Gasteiger partial charge is 0.493 e. The second-order valence-corrected chi connectivity index (χ2v) is 9.56. The third-order valence-electron chi connectivity index (χ3n) is 6.21. The Labute approximate surface area is 192 Å². The molecule has 7 heteroatoms. The summed E-state index contributed by atoms with van der Waals surface area (Å²) in [4.78, 5) is 16.7. The van der Waals surface area contributed by atoms with Crippen LogP contribution in [0.25, 0.3) is 0 Å². The number of hydrogen-bond donors (Lipinski definition) is 1. The maximum atomic E-state index is 13.5. The maximum Gasteiger partial charge on any atom is 0.275 e. The number of nitrogens with zero attached hydrogens (tertiary/aromatic N) is 2. The van der Waals surface area contributed by atoms with Gasteiger partial charge in [-0.3, -0.25) is 9.89 Å². The molecule has 168 valence electrons. The third kappa shape index (κ3) is 4.89. The number of carbonyl (C=O) groups excluding carboxylic acids is 1. The Hall–Kier alpha value is -2.64. The smallest absolute Gasteiger partial charge is 0.275 e. The molecule has 1 atom stereocenters. The lowest BCUT2D eigenvalue weighted by atomic mass is 10.1. The number of aromatic amines is 1. The second-order valence-electron chi connectivity index (χ2n) is 8.53. The number of aromatic nitrogens is 2. The topological polar surface area (TPSA) is 67.5 Å². The molecule has 0 bridgehead atoms. The van der Waals surface area contributed by atoms with E-state index in [1.807, 2.05) is 23.1 Å². The number of ether oxygens (including phenoxy) is 2. The fourth-order valence-corrected chi connectivity index (χ4v) is 5.27. The minimum atomic E-state index is -0.0103. The number of fused-ring (bicyclic) bond motifs is 1. The van der Waals surface area contributed by atoms with E-state index in [2.05, 4.69) is 33.8 Å². The Morgan fingerprint density at radius 2 is 2.22 bits per heavy atom. The highest BCUT2D eigenvalue weighted by Crippen LogP contribution is 2.25. The first-order valence-electron chi connectivity index (χ1n) is 11.5. The molecule has 3 aromatic rings. The molecule has 1 aromatic carbocycles. The number of benzene rings is 1. The highest BCUT2D eigenvalue weighted by atomic mass is 32.1. The monoisotopic (exact) mass is 451 g/mol. The standard InChI is InChI=1S/C25H29N3O3S/c29-25(24-22-9-2-10-23(22)26-27-24)28(17-20-7-3-12-30-20)16-18-5-1-6-19(15-18)31-13-11-21-8-4-14-32-21/h1,4-6,8,14-15,20H,2-3,7,9-13,16-17H2,(H,26,27). The second kappa shape index (κ2) is 9.88. The molecule has 1 N–H and O–H groups in total. The summed E-state index contributed by atoms with van der Waals surface area (Å²) >= 11 is 1.75. The Morgan fingerprint density at radius 1 is 1.25 bits per heavy atom. The Kier molecular flexibility index (Phi) is 6.55. The molecule has 1 fully saturated rings. The number of H-pyrrole nitrogens is 1. The zero-order valence-corrected chi connectivity index (χ0v) is 19.0. The van der Waals surface area contributed by atoms with Crippen molar-refractivity contribution >= 4 is 17.2 Å². The summed E-state index contributed by atoms with van der Waals surface area (Å²) in [5.74, 6) is 0.827. The minimum Gasteiger partial charge on any atom is -0.493 e. The van der Waals surface area contributed by atoms with Crippen LogP contribution in [0.4, 0.5) is 0 Å². The molecule has 1 aliphatic carbocycles. The van der Waals surface area contributed by atoms with E-state index in [1.54, 1.807) is 11.3 Å². The maximum absolute atomic E-state index is 13.5. The first-order valence-corrected chi connectivity index (χ1v) is 12.4. The molecule has 1 unspecified atom stereocenters. The number of carbonyl (C=O) groups is 1. The summed E-state index contributed by atoms with van der Waals surface area (Å²) in [6.45, 7) is 2.52. The molecule has 1 amide bonds. The summed E-state index contributed by atoms with van der Waals surface area (Å²) in [6, 6.07) is 12.3. The summed E-state index contributed by atoms with van der Waals surface area (Å²) in [6.07, 6.45) is 6.03. The molecule has 5 rings (SSSR count). The van der Waals surface area contributed by atoms with Gasteiger partial charge in [-0.25, -0.2) is 0 Å². The molecular weight excluding hydrogens is 422 g/mol. The Balaban J connectivity index is 1.29. The van der Waals surface area contributed by atoms with Gasteiger partial charge in [0.05, 0.1) is 12.7 Å². The predicted molar refractivity (Wildman–Crippen MR) is 124 cm³/mol. The quantitative estimate of drug-likeness (QED) is 0.524. The van der Waals surface area contributed by atoms with Crippen LogP contribution in [0.15, 0.2) is 41.8 Å². The Bertz CT molecular complexity index is 1040. The van der Waals surface area contributed by atoms with Crippen LogP contribution in [0.1, 0.15) is 51.4 Å². The van der Waals surface area contributed by atoms with Crippen molar-refractivity contribution in [2.24, 2.45) is 0 Å². The number of thiophene rings is 1. The van der Waals surface area contributed by atoms with Crippen LogP contribution in [-0.2, 0) is 30.5 Å². The van der Waals surface area contributed by atoms with E-state index in [-0.39, 0.29) is 12.0 Å². The molecule has 32 heavy (non-hydrogen) atoms. The van der Waals surface area contributed by atoms with Crippen molar-refractivity contribution in [3.05, 3.63) is 69.2 Å². The van der Waals surface area contributed by atoms with Gasteiger partial charge in [-0.1, -0.05) is 18.2 Å². The van der Waals surface area contributed by atoms with Crippen LogP contribution in [-0.4, -0.2) is 46.9 Å². The van der Waals surface area contributed by atoms with Gasteiger partial charge in [0.1, 0.15) is 5.75 Å². The van der Waals surface area contributed by atoms with E-state index < -0.39 is 0 Å². The van der Waals surface area contributed by atoms with Gasteiger partial charge in [-0.05, 0) is 61.2 Å². The zero-order chi connectivity index (χ0) is 21.8. The molecule has 0 radical (unpaired) electrons. The Morgan fingerprint density at radius 3 is 3.06 bits per heavy atom. The summed E-state index contributed by atoms with van der Waals surface area (Å²) < 4.78 is 11.8. The number of hydrogen-bond acceptors (Lipinski definition) is 5. The number of aryl methyl sites for hydroxylation is 1. The molecule has 6 nitrogen and oxygen atoms in total. The molecule has 2 aliphatic rings. The third-order valence-corrected chi connectivity index (χ3v) is 7.15. The van der Waals surface area contributed by atoms with E-state index in [1.165, 1.54) is 4.88 Å². The van der Waals surface area contributed by atoms with Gasteiger partial charge in [0.25, 0.3) is 5.91 Å². The number of amides is 1. The highest BCUT2D eigenvalue weighted by molar-refractivity contribution is 7.09. The number of nitrogens with one attached hydrogen (secondary N) is 1. The first kappa shape index (κ1) is 21.2. The van der Waals surface area contributed by atoms with Crippen molar-refractivity contribution in [1.29, 1.82) is 0 Å². The lowest BCUT2D eigenvalue weighted by Crippen LogP contribution is -2.37. The van der Waals surface area contributed by atoms with Crippen molar-refractivity contribution in [3.63, 3.8) is 0 Å². The lowest BCUT2D eigenvalue weighted by Gasteiger charge is -2.25. The van der Waals surface area contributed by atoms with Crippen LogP contribution < -0.4 is 4.74 Å². The van der Waals surface area contributed by atoms with E-state index in [9.17, 15) is 4.79 Å². The fraction of sp³-hybridized carbons (Fsp3) is 0.440. The molecule has 0 saturated carbocycles. The highest BCUT2D eigenvalue weighted by Gasteiger charge is 2.29. The van der Waals surface area contributed by atoms with Crippen molar-refractivity contribution in [3.8, 4) is 5.75 Å². The van der Waals surface area contributed by atoms with Gasteiger partial charge in [-0.15, -0.1) is 11.3 Å². The van der Waals surface area contributed by atoms with Crippen LogP contribution in [0.5, 0.6) is 5.75 Å². The normalized spacial score (nSPS) is 17.4. The van der Waals surface area contributed by atoms with Gasteiger partial charge < -0.3 is 14.4 Å². The van der Waals surface area contributed by atoms with Crippen LogP contribution in [0, 0.1) is 0 Å². The molecule has 1 saturated heterocycles. The van der Waals surface area contributed by atoms with Gasteiger partial charge in [0.2, 0.25) is 0 Å². The van der Waals surface area contributed by atoms with Crippen molar-refractivity contribution in [2.45, 2.75) is 51.2 Å². The fourth-order valence-electron chi connectivity index (χ4n) is 4.58. The molecule has 0 spiro atoms. The van der Waals surface area contributed by atoms with E-state index in [4.69, 9.17) is 9.47 Å². The van der Waals surface area contributed by atoms with Gasteiger partial charge in [0, 0.05) is 42.3 Å². The van der Waals surface area contributed by atoms with Gasteiger partial charge in [0.15, 0.2) is 5.69 Å². The molecule has 3 heterocycles. The van der Waals surface area contributed by atoms with Crippen LogP contribution in [0.2, 0.25) is 0 Å². The number of rotatable bonds is 9. The SMILES string of the molecule is O=C(c1n[nH]c2c1CCC2)N(Cc1cccc(OCCc2cccs2)c1)CC1CCCO1. The lowest BCUT2D eigenvalue weighted by molar-refractivity contribution is 0.0502. The average Bonchev–Trinajstić information content (AvgIpc) is 3.59.